The molecule has 110 valence electrons. The Morgan fingerprint density at radius 1 is 1.24 bits per heavy atom. The monoisotopic (exact) mass is 351 g/mol. The van der Waals surface area contributed by atoms with Crippen LogP contribution in [0.5, 0.6) is 0 Å². The van der Waals surface area contributed by atoms with Gasteiger partial charge in [-0.15, -0.1) is 0 Å². The largest absolute Gasteiger partial charge is 0.478 e. The molecule has 2 aliphatic rings. The smallest absolute Gasteiger partial charge is 0.337 e. The van der Waals surface area contributed by atoms with Gasteiger partial charge in [-0.25, -0.2) is 9.69 Å². The van der Waals surface area contributed by atoms with E-state index >= 15 is 0 Å². The molecule has 0 radical (unpaired) electrons. The summed E-state index contributed by atoms with van der Waals surface area (Å²) in [5.74, 6) is -1.71. The molecule has 3 rings (SSSR count). The van der Waals surface area contributed by atoms with Gasteiger partial charge < -0.3 is 5.11 Å². The number of anilines is 1. The summed E-state index contributed by atoms with van der Waals surface area (Å²) in [6.07, 6.45) is 3.48. The van der Waals surface area contributed by atoms with Crippen molar-refractivity contribution in [2.75, 3.05) is 4.90 Å². The number of halogens is 1. The van der Waals surface area contributed by atoms with Crippen LogP contribution in [0.15, 0.2) is 22.7 Å². The van der Waals surface area contributed by atoms with Crippen molar-refractivity contribution in [1.82, 2.24) is 0 Å². The molecule has 21 heavy (non-hydrogen) atoms. The SMILES string of the molecule is O=C(O)c1cccc(Br)c1N1C(=O)CC2(CCCC2)C1=O. The van der Waals surface area contributed by atoms with Crippen LogP contribution in [-0.2, 0) is 9.59 Å². The van der Waals surface area contributed by atoms with E-state index in [1.807, 2.05) is 0 Å². The third-order valence-electron chi connectivity index (χ3n) is 4.40. The van der Waals surface area contributed by atoms with Gasteiger partial charge >= 0.3 is 5.97 Å². The summed E-state index contributed by atoms with van der Waals surface area (Å²) in [5, 5.41) is 9.31. The first-order valence-corrected chi connectivity index (χ1v) is 7.65. The summed E-state index contributed by atoms with van der Waals surface area (Å²) in [4.78, 5) is 37.6. The standard InChI is InChI=1S/C15H14BrNO4/c16-10-5-3-4-9(13(19)20)12(10)17-11(18)8-15(14(17)21)6-1-2-7-15/h3-5H,1-2,6-8H2,(H,19,20). The maximum atomic E-state index is 12.8. The van der Waals surface area contributed by atoms with Gasteiger partial charge in [0.05, 0.1) is 16.7 Å². The molecule has 0 aromatic heterocycles. The second kappa shape index (κ2) is 4.94. The zero-order valence-corrected chi connectivity index (χ0v) is 12.9. The molecule has 1 saturated heterocycles. The van der Waals surface area contributed by atoms with E-state index in [1.165, 1.54) is 6.07 Å². The first-order chi connectivity index (χ1) is 9.96. The first kappa shape index (κ1) is 14.3. The van der Waals surface area contributed by atoms with E-state index in [9.17, 15) is 19.5 Å². The lowest BCUT2D eigenvalue weighted by molar-refractivity contribution is -0.125. The van der Waals surface area contributed by atoms with E-state index in [-0.39, 0.29) is 29.5 Å². The van der Waals surface area contributed by atoms with Crippen molar-refractivity contribution in [1.29, 1.82) is 0 Å². The molecule has 1 aliphatic heterocycles. The number of carboxylic acids is 1. The van der Waals surface area contributed by atoms with Crippen LogP contribution in [0.2, 0.25) is 0 Å². The Labute approximate surface area is 130 Å². The number of para-hydroxylation sites is 1. The Bertz CT molecular complexity index is 649. The molecular formula is C15H14BrNO4. The lowest BCUT2D eigenvalue weighted by Crippen LogP contribution is -2.35. The van der Waals surface area contributed by atoms with Gasteiger partial charge in [-0.3, -0.25) is 9.59 Å². The summed E-state index contributed by atoms with van der Waals surface area (Å²) in [6.45, 7) is 0. The highest BCUT2D eigenvalue weighted by molar-refractivity contribution is 9.10. The van der Waals surface area contributed by atoms with Crippen LogP contribution in [0.3, 0.4) is 0 Å². The molecule has 2 fully saturated rings. The molecule has 1 aliphatic carbocycles. The van der Waals surface area contributed by atoms with Gasteiger partial charge in [-0.05, 0) is 40.9 Å². The Kier molecular flexibility index (Phi) is 3.36. The Hall–Kier alpha value is -1.69. The average Bonchev–Trinajstić information content (AvgIpc) is 2.98. The molecule has 5 nitrogen and oxygen atoms in total. The number of carbonyl (C=O) groups excluding carboxylic acids is 2. The molecule has 0 atom stereocenters. The van der Waals surface area contributed by atoms with Crippen molar-refractivity contribution in [2.24, 2.45) is 5.41 Å². The Balaban J connectivity index is 2.11. The van der Waals surface area contributed by atoms with Crippen molar-refractivity contribution < 1.29 is 19.5 Å². The molecule has 1 N–H and O–H groups in total. The molecule has 2 amide bonds. The Morgan fingerprint density at radius 3 is 2.52 bits per heavy atom. The third kappa shape index (κ3) is 2.09. The first-order valence-electron chi connectivity index (χ1n) is 6.85. The van der Waals surface area contributed by atoms with Crippen LogP contribution in [0.4, 0.5) is 5.69 Å². The fourth-order valence-electron chi connectivity index (χ4n) is 3.38. The van der Waals surface area contributed by atoms with Crippen molar-refractivity contribution in [2.45, 2.75) is 32.1 Å². The average molecular weight is 352 g/mol. The maximum absolute atomic E-state index is 12.8. The molecule has 0 bridgehead atoms. The van der Waals surface area contributed by atoms with Crippen LogP contribution >= 0.6 is 15.9 Å². The molecule has 0 unspecified atom stereocenters. The minimum atomic E-state index is -1.15. The quantitative estimate of drug-likeness (QED) is 0.831. The summed E-state index contributed by atoms with van der Waals surface area (Å²) < 4.78 is 0.444. The number of carbonyl (C=O) groups is 3. The highest BCUT2D eigenvalue weighted by Gasteiger charge is 2.53. The van der Waals surface area contributed by atoms with Crippen LogP contribution in [0.25, 0.3) is 0 Å². The molecule has 1 aromatic carbocycles. The van der Waals surface area contributed by atoms with E-state index in [4.69, 9.17) is 0 Å². The number of hydrogen-bond acceptors (Lipinski definition) is 3. The number of imide groups is 1. The number of nitrogens with zero attached hydrogens (tertiary/aromatic N) is 1. The van der Waals surface area contributed by atoms with Crippen molar-refractivity contribution >= 4 is 39.4 Å². The van der Waals surface area contributed by atoms with E-state index < -0.39 is 11.4 Å². The highest BCUT2D eigenvalue weighted by atomic mass is 79.9. The summed E-state index contributed by atoms with van der Waals surface area (Å²) >= 11 is 3.27. The number of aromatic carboxylic acids is 1. The molecule has 1 aromatic rings. The second-order valence-corrected chi connectivity index (χ2v) is 6.49. The number of amides is 2. The zero-order chi connectivity index (χ0) is 15.2. The van der Waals surface area contributed by atoms with E-state index in [0.29, 0.717) is 17.3 Å². The second-order valence-electron chi connectivity index (χ2n) is 5.64. The molecule has 1 saturated carbocycles. The summed E-state index contributed by atoms with van der Waals surface area (Å²) in [7, 11) is 0. The predicted octanol–water partition coefficient (Wildman–Crippen LogP) is 2.97. The van der Waals surface area contributed by atoms with E-state index in [0.717, 1.165) is 17.7 Å². The van der Waals surface area contributed by atoms with Gasteiger partial charge in [-0.1, -0.05) is 18.9 Å². The number of rotatable bonds is 2. The van der Waals surface area contributed by atoms with Crippen LogP contribution in [0.1, 0.15) is 42.5 Å². The lowest BCUT2D eigenvalue weighted by Gasteiger charge is -2.22. The fraction of sp³-hybridized carbons (Fsp3) is 0.400. The van der Waals surface area contributed by atoms with Gasteiger partial charge in [0, 0.05) is 10.9 Å². The minimum absolute atomic E-state index is 0.0406. The fourth-order valence-corrected chi connectivity index (χ4v) is 3.92. The van der Waals surface area contributed by atoms with Crippen LogP contribution < -0.4 is 4.90 Å². The zero-order valence-electron chi connectivity index (χ0n) is 11.3. The number of carboxylic acid groups (broad SMARTS) is 1. The number of benzene rings is 1. The minimum Gasteiger partial charge on any atom is -0.478 e. The van der Waals surface area contributed by atoms with E-state index in [1.54, 1.807) is 12.1 Å². The van der Waals surface area contributed by atoms with Gasteiger partial charge in [-0.2, -0.15) is 0 Å². The third-order valence-corrected chi connectivity index (χ3v) is 5.04. The normalized spacial score (nSPS) is 20.5. The Morgan fingerprint density at radius 2 is 1.90 bits per heavy atom. The molecule has 1 heterocycles. The van der Waals surface area contributed by atoms with Crippen LogP contribution in [-0.4, -0.2) is 22.9 Å². The summed E-state index contributed by atoms with van der Waals surface area (Å²) in [5.41, 5.74) is -0.493. The van der Waals surface area contributed by atoms with Crippen molar-refractivity contribution in [3.8, 4) is 0 Å². The maximum Gasteiger partial charge on any atom is 0.337 e. The van der Waals surface area contributed by atoms with Gasteiger partial charge in [0.1, 0.15) is 0 Å². The molecule has 6 heteroatoms. The van der Waals surface area contributed by atoms with Gasteiger partial charge in [0.15, 0.2) is 0 Å². The lowest BCUT2D eigenvalue weighted by atomic mass is 9.84. The van der Waals surface area contributed by atoms with Crippen molar-refractivity contribution in [3.63, 3.8) is 0 Å². The van der Waals surface area contributed by atoms with Crippen molar-refractivity contribution in [3.05, 3.63) is 28.2 Å². The highest BCUT2D eigenvalue weighted by Crippen LogP contribution is 2.49. The molecular weight excluding hydrogens is 338 g/mol. The van der Waals surface area contributed by atoms with E-state index in [2.05, 4.69) is 15.9 Å². The van der Waals surface area contributed by atoms with Gasteiger partial charge in [0.25, 0.3) is 0 Å². The topological polar surface area (TPSA) is 74.7 Å². The van der Waals surface area contributed by atoms with Gasteiger partial charge in [0.2, 0.25) is 11.8 Å². The summed E-state index contributed by atoms with van der Waals surface area (Å²) in [6, 6.07) is 4.62. The molecule has 1 spiro atoms. The van der Waals surface area contributed by atoms with Crippen LogP contribution in [0, 0.1) is 5.41 Å². The predicted molar refractivity (Wildman–Crippen MR) is 79.1 cm³/mol. The number of hydrogen-bond donors (Lipinski definition) is 1.